The van der Waals surface area contributed by atoms with Crippen LogP contribution in [0.2, 0.25) is 5.02 Å². The monoisotopic (exact) mass is 285 g/mol. The maximum atomic E-state index is 5.95. The molecule has 0 unspecified atom stereocenters. The molecule has 1 heterocycles. The van der Waals surface area contributed by atoms with E-state index < -0.39 is 0 Å². The summed E-state index contributed by atoms with van der Waals surface area (Å²) in [6, 6.07) is 11.7. The first-order valence-corrected chi connectivity index (χ1v) is 6.23. The Kier molecular flexibility index (Phi) is 6.27. The molecule has 2 aromatic rings. The molecule has 0 atom stereocenters. The van der Waals surface area contributed by atoms with Crippen LogP contribution in [-0.4, -0.2) is 6.54 Å². The van der Waals surface area contributed by atoms with Crippen LogP contribution >= 0.6 is 24.0 Å². The number of halogens is 2. The summed E-state index contributed by atoms with van der Waals surface area (Å²) in [6.45, 7) is 3.92. The molecule has 1 N–H and O–H groups in total. The third kappa shape index (κ3) is 4.05. The van der Waals surface area contributed by atoms with E-state index in [1.54, 1.807) is 0 Å². The molecular formula is C14H17Cl2NO. The topological polar surface area (TPSA) is 25.2 Å². The molecule has 0 amide bonds. The van der Waals surface area contributed by atoms with E-state index in [9.17, 15) is 0 Å². The number of nitrogens with one attached hydrogen (secondary N) is 1. The van der Waals surface area contributed by atoms with Gasteiger partial charge in [-0.05, 0) is 37.2 Å². The van der Waals surface area contributed by atoms with Crippen LogP contribution in [0.4, 0.5) is 0 Å². The first-order valence-electron chi connectivity index (χ1n) is 5.85. The normalized spacial score (nSPS) is 10.1. The summed E-state index contributed by atoms with van der Waals surface area (Å²) in [6.07, 6.45) is 1.13. The number of benzene rings is 1. The predicted molar refractivity (Wildman–Crippen MR) is 78.4 cm³/mol. The Labute approximate surface area is 119 Å². The van der Waals surface area contributed by atoms with Crippen LogP contribution in [0.25, 0.3) is 11.3 Å². The average Bonchev–Trinajstić information content (AvgIpc) is 2.78. The highest BCUT2D eigenvalue weighted by Crippen LogP contribution is 2.24. The summed E-state index contributed by atoms with van der Waals surface area (Å²) in [4.78, 5) is 0. The lowest BCUT2D eigenvalue weighted by atomic mass is 10.2. The zero-order valence-corrected chi connectivity index (χ0v) is 11.9. The molecule has 98 valence electrons. The summed E-state index contributed by atoms with van der Waals surface area (Å²) in [7, 11) is 0. The van der Waals surface area contributed by atoms with Crippen LogP contribution in [-0.2, 0) is 6.54 Å². The quantitative estimate of drug-likeness (QED) is 0.817. The van der Waals surface area contributed by atoms with Crippen molar-refractivity contribution in [3.63, 3.8) is 0 Å². The van der Waals surface area contributed by atoms with Crippen molar-refractivity contribution in [1.29, 1.82) is 0 Å². The van der Waals surface area contributed by atoms with Crippen molar-refractivity contribution in [2.45, 2.75) is 19.9 Å². The summed E-state index contributed by atoms with van der Waals surface area (Å²) < 4.78 is 5.75. The zero-order valence-electron chi connectivity index (χ0n) is 10.3. The van der Waals surface area contributed by atoms with E-state index in [2.05, 4.69) is 12.2 Å². The number of rotatable bonds is 5. The predicted octanol–water partition coefficient (Wildman–Crippen LogP) is 4.52. The van der Waals surface area contributed by atoms with Crippen LogP contribution in [0.5, 0.6) is 0 Å². The van der Waals surface area contributed by atoms with Gasteiger partial charge in [0.1, 0.15) is 11.5 Å². The van der Waals surface area contributed by atoms with Crippen molar-refractivity contribution < 1.29 is 4.42 Å². The van der Waals surface area contributed by atoms with Crippen LogP contribution in [0.1, 0.15) is 19.1 Å². The smallest absolute Gasteiger partial charge is 0.134 e. The van der Waals surface area contributed by atoms with Gasteiger partial charge in [0.05, 0.1) is 6.54 Å². The lowest BCUT2D eigenvalue weighted by Crippen LogP contribution is -2.12. The van der Waals surface area contributed by atoms with E-state index in [0.717, 1.165) is 41.6 Å². The molecule has 2 nitrogen and oxygen atoms in total. The molecule has 0 saturated carbocycles. The molecular weight excluding hydrogens is 269 g/mol. The van der Waals surface area contributed by atoms with E-state index in [1.165, 1.54) is 0 Å². The van der Waals surface area contributed by atoms with Gasteiger partial charge in [-0.25, -0.2) is 0 Å². The van der Waals surface area contributed by atoms with Gasteiger partial charge in [0.2, 0.25) is 0 Å². The molecule has 1 aromatic carbocycles. The Bertz CT molecular complexity index is 482. The lowest BCUT2D eigenvalue weighted by molar-refractivity contribution is 0.493. The second-order valence-electron chi connectivity index (χ2n) is 3.95. The molecule has 0 saturated heterocycles. The van der Waals surface area contributed by atoms with Crippen molar-refractivity contribution >= 4 is 24.0 Å². The van der Waals surface area contributed by atoms with E-state index in [4.69, 9.17) is 16.0 Å². The molecule has 0 aliphatic rings. The maximum Gasteiger partial charge on any atom is 0.134 e. The summed E-state index contributed by atoms with van der Waals surface area (Å²) >= 11 is 5.95. The van der Waals surface area contributed by atoms with Gasteiger partial charge in [-0.15, -0.1) is 12.4 Å². The van der Waals surface area contributed by atoms with Gasteiger partial charge < -0.3 is 9.73 Å². The van der Waals surface area contributed by atoms with E-state index >= 15 is 0 Å². The first-order chi connectivity index (χ1) is 8.29. The van der Waals surface area contributed by atoms with Crippen LogP contribution in [0.3, 0.4) is 0 Å². The molecule has 1 aromatic heterocycles. The minimum absolute atomic E-state index is 0. The highest BCUT2D eigenvalue weighted by molar-refractivity contribution is 6.30. The van der Waals surface area contributed by atoms with E-state index in [1.807, 2.05) is 36.4 Å². The lowest BCUT2D eigenvalue weighted by Gasteiger charge is -2.00. The van der Waals surface area contributed by atoms with Crippen molar-refractivity contribution in [2.24, 2.45) is 0 Å². The van der Waals surface area contributed by atoms with Crippen LogP contribution in [0.15, 0.2) is 40.8 Å². The molecule has 0 spiro atoms. The first kappa shape index (κ1) is 15.1. The molecule has 0 fully saturated rings. The molecule has 0 radical (unpaired) electrons. The van der Waals surface area contributed by atoms with Gasteiger partial charge in [0, 0.05) is 10.6 Å². The molecule has 2 rings (SSSR count). The van der Waals surface area contributed by atoms with E-state index in [0.29, 0.717) is 0 Å². The fourth-order valence-corrected chi connectivity index (χ4v) is 1.85. The Morgan fingerprint density at radius 1 is 1.22 bits per heavy atom. The molecule has 18 heavy (non-hydrogen) atoms. The van der Waals surface area contributed by atoms with Crippen molar-refractivity contribution in [3.8, 4) is 11.3 Å². The Balaban J connectivity index is 0.00000162. The summed E-state index contributed by atoms with van der Waals surface area (Å²) in [5, 5.41) is 4.03. The second-order valence-corrected chi connectivity index (χ2v) is 4.39. The minimum Gasteiger partial charge on any atom is -0.460 e. The van der Waals surface area contributed by atoms with Gasteiger partial charge in [-0.2, -0.15) is 0 Å². The largest absolute Gasteiger partial charge is 0.460 e. The van der Waals surface area contributed by atoms with Gasteiger partial charge >= 0.3 is 0 Å². The van der Waals surface area contributed by atoms with Crippen LogP contribution < -0.4 is 5.32 Å². The highest BCUT2D eigenvalue weighted by atomic mass is 35.5. The van der Waals surface area contributed by atoms with E-state index in [-0.39, 0.29) is 12.4 Å². The third-order valence-electron chi connectivity index (χ3n) is 2.50. The van der Waals surface area contributed by atoms with Crippen molar-refractivity contribution in [3.05, 3.63) is 47.2 Å². The minimum atomic E-state index is 0. The SMILES string of the molecule is CCCNCc1ccc(-c2cccc(Cl)c2)o1.Cl. The van der Waals surface area contributed by atoms with Gasteiger partial charge in [0.25, 0.3) is 0 Å². The Hall–Kier alpha value is -0.960. The third-order valence-corrected chi connectivity index (χ3v) is 2.73. The van der Waals surface area contributed by atoms with Crippen molar-refractivity contribution in [1.82, 2.24) is 5.32 Å². The van der Waals surface area contributed by atoms with Gasteiger partial charge in [-0.3, -0.25) is 0 Å². The fourth-order valence-electron chi connectivity index (χ4n) is 1.66. The highest BCUT2D eigenvalue weighted by Gasteiger charge is 2.04. The molecule has 0 aliphatic heterocycles. The second kappa shape index (κ2) is 7.47. The standard InChI is InChI=1S/C14H16ClNO.ClH/c1-2-8-16-10-13-6-7-14(17-13)11-4-3-5-12(15)9-11;/h3-7,9,16H,2,8,10H2,1H3;1H. The zero-order chi connectivity index (χ0) is 12.1. The number of hydrogen-bond donors (Lipinski definition) is 1. The average molecular weight is 286 g/mol. The van der Waals surface area contributed by atoms with Gasteiger partial charge in [-0.1, -0.05) is 30.7 Å². The van der Waals surface area contributed by atoms with Gasteiger partial charge in [0.15, 0.2) is 0 Å². The molecule has 0 aliphatic carbocycles. The summed E-state index contributed by atoms with van der Waals surface area (Å²) in [5.74, 6) is 1.81. The van der Waals surface area contributed by atoms with Crippen LogP contribution in [0, 0.1) is 0 Å². The Morgan fingerprint density at radius 3 is 2.78 bits per heavy atom. The fraction of sp³-hybridized carbons (Fsp3) is 0.286. The number of hydrogen-bond acceptors (Lipinski definition) is 2. The number of furan rings is 1. The van der Waals surface area contributed by atoms with Crippen molar-refractivity contribution in [2.75, 3.05) is 6.54 Å². The Morgan fingerprint density at radius 2 is 2.06 bits per heavy atom. The maximum absolute atomic E-state index is 5.95. The molecule has 0 bridgehead atoms. The molecule has 4 heteroatoms. The summed E-state index contributed by atoms with van der Waals surface area (Å²) in [5.41, 5.74) is 1.01.